The highest BCUT2D eigenvalue weighted by atomic mass is 15.2. The monoisotopic (exact) mass is 833 g/mol. The smallest absolute Gasteiger partial charge is 0.252 e. The van der Waals surface area contributed by atoms with Gasteiger partial charge in [-0.2, -0.15) is 0 Å². The van der Waals surface area contributed by atoms with Gasteiger partial charge in [0.1, 0.15) is 0 Å². The van der Waals surface area contributed by atoms with Crippen LogP contribution in [0.3, 0.4) is 0 Å². The van der Waals surface area contributed by atoms with Gasteiger partial charge in [-0.3, -0.25) is 0 Å². The summed E-state index contributed by atoms with van der Waals surface area (Å²) in [6, 6.07) is 45.9. The molecule has 0 saturated heterocycles. The molecule has 0 spiro atoms. The Hall–Kier alpha value is -5.02. The van der Waals surface area contributed by atoms with Crippen molar-refractivity contribution in [3.63, 3.8) is 0 Å². The Balaban J connectivity index is 1.57. The van der Waals surface area contributed by atoms with Crippen LogP contribution in [0.25, 0.3) is 11.1 Å². The zero-order chi connectivity index (χ0) is 46.0. The highest BCUT2D eigenvalue weighted by Crippen LogP contribution is 2.49. The van der Waals surface area contributed by atoms with Gasteiger partial charge in [0, 0.05) is 34.1 Å². The van der Waals surface area contributed by atoms with Crippen LogP contribution < -0.4 is 26.2 Å². The summed E-state index contributed by atoms with van der Waals surface area (Å²) < 4.78 is 0. The van der Waals surface area contributed by atoms with Crippen LogP contribution in [0.5, 0.6) is 0 Å². The molecule has 0 fully saturated rings. The second kappa shape index (κ2) is 14.8. The number of benzene rings is 6. The van der Waals surface area contributed by atoms with Gasteiger partial charge in [-0.1, -0.05) is 191 Å². The van der Waals surface area contributed by atoms with Crippen LogP contribution in [0.15, 0.2) is 115 Å². The Labute approximate surface area is 382 Å². The molecule has 0 saturated carbocycles. The zero-order valence-electron chi connectivity index (χ0n) is 41.9. The van der Waals surface area contributed by atoms with Crippen molar-refractivity contribution >= 4 is 57.2 Å². The number of nitrogens with zero attached hydrogens (tertiary/aromatic N) is 2. The molecule has 3 heteroatoms. The summed E-state index contributed by atoms with van der Waals surface area (Å²) >= 11 is 0. The van der Waals surface area contributed by atoms with E-state index in [2.05, 4.69) is 250 Å². The van der Waals surface area contributed by atoms with Crippen LogP contribution in [-0.2, 0) is 32.5 Å². The lowest BCUT2D eigenvalue weighted by Gasteiger charge is -2.45. The molecule has 0 radical (unpaired) electrons. The molecule has 8 rings (SSSR count). The normalized spacial score (nSPS) is 14.4. The molecule has 0 unspecified atom stereocenters. The summed E-state index contributed by atoms with van der Waals surface area (Å²) in [5.74, 6) is 0. The van der Waals surface area contributed by atoms with Gasteiger partial charge in [0.25, 0.3) is 6.71 Å². The van der Waals surface area contributed by atoms with Crippen LogP contribution in [0.1, 0.15) is 158 Å². The number of anilines is 6. The van der Waals surface area contributed by atoms with Gasteiger partial charge >= 0.3 is 0 Å². The predicted octanol–water partition coefficient (Wildman–Crippen LogP) is 15.2. The maximum absolute atomic E-state index is 2.62. The highest BCUT2D eigenvalue weighted by molar-refractivity contribution is 7.00. The first-order valence-electron chi connectivity index (χ1n) is 23.5. The molecule has 0 amide bonds. The maximum atomic E-state index is 2.62. The van der Waals surface area contributed by atoms with E-state index in [1.165, 1.54) is 95.0 Å². The van der Waals surface area contributed by atoms with Crippen molar-refractivity contribution in [1.82, 2.24) is 0 Å². The third-order valence-corrected chi connectivity index (χ3v) is 13.7. The zero-order valence-corrected chi connectivity index (χ0v) is 41.9. The minimum Gasteiger partial charge on any atom is -0.311 e. The van der Waals surface area contributed by atoms with Gasteiger partial charge in [-0.25, -0.2) is 0 Å². The van der Waals surface area contributed by atoms with E-state index in [4.69, 9.17) is 0 Å². The summed E-state index contributed by atoms with van der Waals surface area (Å²) in [6.45, 7) is 42.1. The lowest BCUT2D eigenvalue weighted by molar-refractivity contribution is 0.569. The SMILES string of the molecule is CC(C)(C)c1cccc(N2c3cc(C(C)(C)C)ccc3B3c4ccc(C(C)(C)C)cc4N(c4cccc(C(C)(C)C)c4)c4cc(-c5cc(C(C)(C)C)cc(C(C)(C)C)c5)cc2c43)c1. The van der Waals surface area contributed by atoms with Crippen LogP contribution in [0, 0.1) is 0 Å². The molecule has 0 aromatic heterocycles. The van der Waals surface area contributed by atoms with E-state index in [0.717, 1.165) is 0 Å². The van der Waals surface area contributed by atoms with Gasteiger partial charge in [0.05, 0.1) is 0 Å². The van der Waals surface area contributed by atoms with Crippen molar-refractivity contribution in [2.24, 2.45) is 0 Å². The molecule has 0 atom stereocenters. The molecule has 0 aliphatic carbocycles. The van der Waals surface area contributed by atoms with Gasteiger partial charge in [-0.15, -0.1) is 0 Å². The molecule has 6 aromatic carbocycles. The van der Waals surface area contributed by atoms with Crippen LogP contribution in [0.4, 0.5) is 34.1 Å². The first kappa shape index (κ1) is 44.6. The molecule has 0 N–H and O–H groups in total. The van der Waals surface area contributed by atoms with Crippen molar-refractivity contribution in [3.8, 4) is 11.1 Å². The van der Waals surface area contributed by atoms with Crippen molar-refractivity contribution < 1.29 is 0 Å². The Morgan fingerprint density at radius 2 is 0.635 bits per heavy atom. The van der Waals surface area contributed by atoms with Gasteiger partial charge in [-0.05, 0) is 142 Å². The molecular formula is C60H73BN2. The van der Waals surface area contributed by atoms with Gasteiger partial charge < -0.3 is 9.80 Å². The maximum Gasteiger partial charge on any atom is 0.252 e. The molecule has 6 aromatic rings. The third-order valence-electron chi connectivity index (χ3n) is 13.7. The Kier molecular flexibility index (Phi) is 10.4. The van der Waals surface area contributed by atoms with E-state index in [1.54, 1.807) is 0 Å². The van der Waals surface area contributed by atoms with Gasteiger partial charge in [0.15, 0.2) is 0 Å². The fourth-order valence-corrected chi connectivity index (χ4v) is 9.53. The molecule has 2 aliphatic rings. The molecule has 2 aliphatic heterocycles. The van der Waals surface area contributed by atoms with E-state index in [0.29, 0.717) is 0 Å². The van der Waals surface area contributed by atoms with Crippen molar-refractivity contribution in [3.05, 3.63) is 149 Å². The summed E-state index contributed by atoms with van der Waals surface area (Å²) in [4.78, 5) is 5.24. The summed E-state index contributed by atoms with van der Waals surface area (Å²) in [5, 5.41) is 0. The van der Waals surface area contributed by atoms with Crippen molar-refractivity contribution in [1.29, 1.82) is 0 Å². The van der Waals surface area contributed by atoms with Crippen LogP contribution in [-0.4, -0.2) is 6.71 Å². The van der Waals surface area contributed by atoms with Crippen LogP contribution >= 0.6 is 0 Å². The van der Waals surface area contributed by atoms with E-state index in [9.17, 15) is 0 Å². The van der Waals surface area contributed by atoms with E-state index in [-0.39, 0.29) is 39.2 Å². The number of hydrogen-bond acceptors (Lipinski definition) is 2. The summed E-state index contributed by atoms with van der Waals surface area (Å²) in [5.41, 5.74) is 21.9. The van der Waals surface area contributed by atoms with Crippen LogP contribution in [0.2, 0.25) is 0 Å². The molecule has 2 heterocycles. The topological polar surface area (TPSA) is 6.48 Å². The number of hydrogen-bond donors (Lipinski definition) is 0. The Morgan fingerprint density at radius 1 is 0.302 bits per heavy atom. The minimum absolute atomic E-state index is 0.0129. The first-order chi connectivity index (χ1) is 29.0. The highest BCUT2D eigenvalue weighted by Gasteiger charge is 2.44. The number of fused-ring (bicyclic) bond motifs is 4. The standard InChI is InChI=1S/C60H73BN2/c1-55(2,3)40-21-19-23-46(34-40)62-50-36-42(57(7,8)9)25-27-48(50)61-49-28-26-43(58(10,11)12)37-51(49)63(47-24-20-22-41(35-47)56(4,5)6)53-32-39(31-52(62)54(53)61)38-29-44(59(13,14)15)33-45(30-38)60(16,17)18/h19-37H,1-18H3. The second-order valence-corrected chi connectivity index (χ2v) is 25.0. The Morgan fingerprint density at radius 3 is 0.984 bits per heavy atom. The van der Waals surface area contributed by atoms with Crippen molar-refractivity contribution in [2.45, 2.75) is 157 Å². The average molecular weight is 833 g/mol. The average Bonchev–Trinajstić information content (AvgIpc) is 3.18. The molecule has 63 heavy (non-hydrogen) atoms. The van der Waals surface area contributed by atoms with E-state index < -0.39 is 0 Å². The van der Waals surface area contributed by atoms with E-state index >= 15 is 0 Å². The fraction of sp³-hybridized carbons (Fsp3) is 0.400. The van der Waals surface area contributed by atoms with Gasteiger partial charge in [0.2, 0.25) is 0 Å². The minimum atomic E-state index is -0.0288. The molecule has 326 valence electrons. The van der Waals surface area contributed by atoms with Crippen molar-refractivity contribution in [2.75, 3.05) is 9.80 Å². The third kappa shape index (κ3) is 8.20. The molecule has 2 nitrogen and oxygen atoms in total. The summed E-state index contributed by atoms with van der Waals surface area (Å²) in [7, 11) is 0. The molecule has 0 bridgehead atoms. The van der Waals surface area contributed by atoms with E-state index in [1.807, 2.05) is 0 Å². The Bertz CT molecular complexity index is 2560. The lowest BCUT2D eigenvalue weighted by Crippen LogP contribution is -2.61. The second-order valence-electron chi connectivity index (χ2n) is 25.0. The lowest BCUT2D eigenvalue weighted by atomic mass is 9.33. The quantitative estimate of drug-likeness (QED) is 0.164. The number of rotatable bonds is 3. The summed E-state index contributed by atoms with van der Waals surface area (Å²) in [6.07, 6.45) is 0. The molecular weight excluding hydrogens is 759 g/mol. The fourth-order valence-electron chi connectivity index (χ4n) is 9.53. The predicted molar refractivity (Wildman–Crippen MR) is 278 cm³/mol. The first-order valence-corrected chi connectivity index (χ1v) is 23.5. The largest absolute Gasteiger partial charge is 0.311 e.